The first-order chi connectivity index (χ1) is 6.27. The largest absolute Gasteiger partial charge is 0.378 e. The summed E-state index contributed by atoms with van der Waals surface area (Å²) in [5, 5.41) is 0. The molecule has 0 radical (unpaired) electrons. The van der Waals surface area contributed by atoms with Gasteiger partial charge in [-0.15, -0.1) is 0 Å². The van der Waals surface area contributed by atoms with E-state index in [2.05, 4.69) is 18.7 Å². The van der Waals surface area contributed by atoms with Crippen molar-refractivity contribution < 1.29 is 4.74 Å². The Morgan fingerprint density at radius 2 is 1.77 bits per heavy atom. The maximum absolute atomic E-state index is 5.23. The van der Waals surface area contributed by atoms with Gasteiger partial charge in [-0.2, -0.15) is 0 Å². The van der Waals surface area contributed by atoms with Crippen molar-refractivity contribution >= 4 is 0 Å². The van der Waals surface area contributed by atoms with Crippen LogP contribution in [0.15, 0.2) is 0 Å². The van der Waals surface area contributed by atoms with E-state index in [1.165, 1.54) is 13.1 Å². The molecular formula is C11H19NO. The van der Waals surface area contributed by atoms with Crippen LogP contribution in [0.5, 0.6) is 0 Å². The molecule has 2 atom stereocenters. The maximum Gasteiger partial charge on any atom is 0.0645 e. The fourth-order valence-electron chi connectivity index (χ4n) is 3.33. The predicted molar refractivity (Wildman–Crippen MR) is 51.5 cm³/mol. The lowest BCUT2D eigenvalue weighted by Gasteiger charge is -2.36. The standard InChI is InChI=1S/C11H19NO/c1-7(2)11-9-3-12(4-10(9)11)8-5-13-6-8/h7-11H,3-6H2,1-2H3. The normalized spacial score (nSPS) is 45.0. The highest BCUT2D eigenvalue weighted by molar-refractivity contribution is 5.07. The zero-order valence-corrected chi connectivity index (χ0v) is 8.57. The van der Waals surface area contributed by atoms with E-state index in [0.29, 0.717) is 0 Å². The second kappa shape index (κ2) is 2.71. The van der Waals surface area contributed by atoms with Crippen LogP contribution in [0.3, 0.4) is 0 Å². The van der Waals surface area contributed by atoms with E-state index in [1.54, 1.807) is 0 Å². The average Bonchev–Trinajstić information content (AvgIpc) is 2.46. The number of rotatable bonds is 2. The SMILES string of the molecule is CC(C)C1C2CN(C3COC3)CC21. The van der Waals surface area contributed by atoms with Gasteiger partial charge in [0.15, 0.2) is 0 Å². The fraction of sp³-hybridized carbons (Fsp3) is 1.00. The van der Waals surface area contributed by atoms with Crippen molar-refractivity contribution in [1.82, 2.24) is 4.90 Å². The number of nitrogens with zero attached hydrogens (tertiary/aromatic N) is 1. The second-order valence-corrected chi connectivity index (χ2v) is 5.29. The Bertz CT molecular complexity index is 200. The summed E-state index contributed by atoms with van der Waals surface area (Å²) in [5.74, 6) is 4.05. The van der Waals surface area contributed by atoms with E-state index in [1.807, 2.05) is 0 Å². The van der Waals surface area contributed by atoms with Crippen LogP contribution in [-0.4, -0.2) is 37.2 Å². The van der Waals surface area contributed by atoms with Gasteiger partial charge in [-0.1, -0.05) is 13.8 Å². The first-order valence-corrected chi connectivity index (χ1v) is 5.59. The summed E-state index contributed by atoms with van der Waals surface area (Å²) < 4.78 is 5.23. The van der Waals surface area contributed by atoms with Crippen LogP contribution < -0.4 is 0 Å². The minimum Gasteiger partial charge on any atom is -0.378 e. The lowest BCUT2D eigenvalue weighted by molar-refractivity contribution is -0.0622. The number of likely N-dealkylation sites (tertiary alicyclic amines) is 1. The van der Waals surface area contributed by atoms with E-state index in [9.17, 15) is 0 Å². The molecule has 0 N–H and O–H groups in total. The van der Waals surface area contributed by atoms with Crippen molar-refractivity contribution in [2.24, 2.45) is 23.7 Å². The average molecular weight is 181 g/mol. The van der Waals surface area contributed by atoms with Crippen molar-refractivity contribution in [2.75, 3.05) is 26.3 Å². The monoisotopic (exact) mass is 181 g/mol. The molecule has 2 heteroatoms. The van der Waals surface area contributed by atoms with E-state index in [0.717, 1.165) is 42.9 Å². The van der Waals surface area contributed by atoms with Gasteiger partial charge in [-0.3, -0.25) is 4.90 Å². The molecule has 0 aromatic heterocycles. The van der Waals surface area contributed by atoms with Crippen LogP contribution in [0, 0.1) is 23.7 Å². The Morgan fingerprint density at radius 1 is 1.15 bits per heavy atom. The quantitative estimate of drug-likeness (QED) is 0.635. The molecule has 3 aliphatic rings. The molecule has 0 aromatic carbocycles. The van der Waals surface area contributed by atoms with Gasteiger partial charge in [0.05, 0.1) is 19.3 Å². The Kier molecular flexibility index (Phi) is 1.72. The fourth-order valence-corrected chi connectivity index (χ4v) is 3.33. The molecule has 3 rings (SSSR count). The first-order valence-electron chi connectivity index (χ1n) is 5.59. The van der Waals surface area contributed by atoms with E-state index < -0.39 is 0 Å². The zero-order valence-electron chi connectivity index (χ0n) is 8.57. The molecule has 2 heterocycles. The Morgan fingerprint density at radius 3 is 2.15 bits per heavy atom. The van der Waals surface area contributed by atoms with Crippen molar-refractivity contribution in [3.8, 4) is 0 Å². The summed E-state index contributed by atoms with van der Waals surface area (Å²) in [6.07, 6.45) is 0. The van der Waals surface area contributed by atoms with E-state index in [4.69, 9.17) is 4.74 Å². The van der Waals surface area contributed by atoms with Crippen LogP contribution in [0.4, 0.5) is 0 Å². The smallest absolute Gasteiger partial charge is 0.0645 e. The molecule has 0 spiro atoms. The van der Waals surface area contributed by atoms with Gasteiger partial charge in [0.2, 0.25) is 0 Å². The minimum atomic E-state index is 0.778. The number of fused-ring (bicyclic) bond motifs is 1. The molecule has 3 fully saturated rings. The topological polar surface area (TPSA) is 12.5 Å². The molecule has 1 saturated carbocycles. The molecule has 2 unspecified atom stereocenters. The van der Waals surface area contributed by atoms with Crippen LogP contribution in [0.2, 0.25) is 0 Å². The zero-order chi connectivity index (χ0) is 9.00. The number of hydrogen-bond acceptors (Lipinski definition) is 2. The van der Waals surface area contributed by atoms with Gasteiger partial charge in [0.25, 0.3) is 0 Å². The molecule has 2 nitrogen and oxygen atoms in total. The van der Waals surface area contributed by atoms with Crippen LogP contribution >= 0.6 is 0 Å². The molecule has 2 aliphatic heterocycles. The van der Waals surface area contributed by atoms with E-state index >= 15 is 0 Å². The molecule has 0 aromatic rings. The number of ether oxygens (including phenoxy) is 1. The minimum absolute atomic E-state index is 0.778. The highest BCUT2D eigenvalue weighted by atomic mass is 16.5. The van der Waals surface area contributed by atoms with Gasteiger partial charge in [0.1, 0.15) is 0 Å². The van der Waals surface area contributed by atoms with Crippen LogP contribution in [0.1, 0.15) is 13.8 Å². The molecule has 74 valence electrons. The summed E-state index contributed by atoms with van der Waals surface area (Å²) in [7, 11) is 0. The molecule has 0 amide bonds. The molecule has 1 aliphatic carbocycles. The van der Waals surface area contributed by atoms with Gasteiger partial charge in [0, 0.05) is 13.1 Å². The second-order valence-electron chi connectivity index (χ2n) is 5.29. The van der Waals surface area contributed by atoms with Crippen molar-refractivity contribution in [3.63, 3.8) is 0 Å². The summed E-state index contributed by atoms with van der Waals surface area (Å²) in [5.41, 5.74) is 0. The van der Waals surface area contributed by atoms with E-state index in [-0.39, 0.29) is 0 Å². The lowest BCUT2D eigenvalue weighted by Crippen LogP contribution is -2.49. The lowest BCUT2D eigenvalue weighted by atomic mass is 10.0. The van der Waals surface area contributed by atoms with Gasteiger partial charge in [-0.25, -0.2) is 0 Å². The highest BCUT2D eigenvalue weighted by Gasteiger charge is 2.57. The molecule has 2 saturated heterocycles. The highest BCUT2D eigenvalue weighted by Crippen LogP contribution is 2.55. The third kappa shape index (κ3) is 1.15. The summed E-state index contributed by atoms with van der Waals surface area (Å²) in [6.45, 7) is 9.46. The number of hydrogen-bond donors (Lipinski definition) is 0. The third-order valence-electron chi connectivity index (χ3n) is 4.20. The Balaban J connectivity index is 1.55. The summed E-state index contributed by atoms with van der Waals surface area (Å²) >= 11 is 0. The van der Waals surface area contributed by atoms with Gasteiger partial charge < -0.3 is 4.74 Å². The maximum atomic E-state index is 5.23. The Hall–Kier alpha value is -0.0800. The molecular weight excluding hydrogens is 162 g/mol. The van der Waals surface area contributed by atoms with Gasteiger partial charge in [-0.05, 0) is 23.7 Å². The van der Waals surface area contributed by atoms with Crippen molar-refractivity contribution in [1.29, 1.82) is 0 Å². The van der Waals surface area contributed by atoms with Crippen molar-refractivity contribution in [2.45, 2.75) is 19.9 Å². The molecule has 13 heavy (non-hydrogen) atoms. The summed E-state index contributed by atoms with van der Waals surface area (Å²) in [6, 6.07) is 0.778. The number of piperidine rings is 1. The Labute approximate surface area is 80.2 Å². The van der Waals surface area contributed by atoms with Crippen molar-refractivity contribution in [3.05, 3.63) is 0 Å². The van der Waals surface area contributed by atoms with Crippen LogP contribution in [-0.2, 0) is 4.74 Å². The molecule has 0 bridgehead atoms. The third-order valence-corrected chi connectivity index (χ3v) is 4.20. The first kappa shape index (κ1) is 8.25. The summed E-state index contributed by atoms with van der Waals surface area (Å²) in [4.78, 5) is 2.65. The predicted octanol–water partition coefficient (Wildman–Crippen LogP) is 1.22. The van der Waals surface area contributed by atoms with Gasteiger partial charge >= 0.3 is 0 Å². The van der Waals surface area contributed by atoms with Crippen LogP contribution in [0.25, 0.3) is 0 Å².